The Labute approximate surface area is 201 Å². The molecule has 1 saturated carbocycles. The predicted molar refractivity (Wildman–Crippen MR) is 133 cm³/mol. The highest BCUT2D eigenvalue weighted by Gasteiger charge is 2.46. The zero-order valence-corrected chi connectivity index (χ0v) is 21.8. The number of likely N-dealkylation sites (tertiary alicyclic amines) is 2. The number of carbonyl (C=O) groups is 1. The summed E-state index contributed by atoms with van der Waals surface area (Å²) < 4.78 is 5.62. The van der Waals surface area contributed by atoms with Gasteiger partial charge in [-0.3, -0.25) is 4.90 Å². The summed E-state index contributed by atoms with van der Waals surface area (Å²) in [6.45, 7) is 15.1. The minimum Gasteiger partial charge on any atom is -0.444 e. The first-order valence-electron chi connectivity index (χ1n) is 12.5. The molecule has 2 bridgehead atoms. The zero-order valence-electron chi connectivity index (χ0n) is 21.0. The van der Waals surface area contributed by atoms with E-state index in [0.717, 1.165) is 42.4 Å². The van der Waals surface area contributed by atoms with Crippen molar-refractivity contribution in [2.24, 2.45) is 5.41 Å². The van der Waals surface area contributed by atoms with E-state index in [0.29, 0.717) is 17.4 Å². The van der Waals surface area contributed by atoms with Crippen LogP contribution >= 0.6 is 11.3 Å². The van der Waals surface area contributed by atoms with E-state index in [1.807, 2.05) is 43.9 Å². The van der Waals surface area contributed by atoms with Crippen molar-refractivity contribution in [1.82, 2.24) is 19.8 Å². The van der Waals surface area contributed by atoms with Gasteiger partial charge in [0, 0.05) is 42.0 Å². The maximum absolute atomic E-state index is 12.6. The molecule has 0 unspecified atom stereocenters. The van der Waals surface area contributed by atoms with Crippen LogP contribution in [0.25, 0.3) is 10.2 Å². The summed E-state index contributed by atoms with van der Waals surface area (Å²) in [5, 5.41) is 1.23. The molecule has 2 saturated heterocycles. The number of hydrogen-bond donors (Lipinski definition) is 0. The summed E-state index contributed by atoms with van der Waals surface area (Å²) in [6.07, 6.45) is 6.01. The molecule has 33 heavy (non-hydrogen) atoms. The molecule has 1 aliphatic carbocycles. The quantitative estimate of drug-likeness (QED) is 0.561. The third-order valence-electron chi connectivity index (χ3n) is 7.68. The predicted octanol–water partition coefficient (Wildman–Crippen LogP) is 5.88. The van der Waals surface area contributed by atoms with Crippen LogP contribution in [0.15, 0.2) is 6.07 Å². The number of piperazine rings is 1. The molecule has 0 spiro atoms. The molecule has 2 aromatic heterocycles. The van der Waals surface area contributed by atoms with Gasteiger partial charge in [0.1, 0.15) is 16.3 Å². The fraction of sp³-hybridized carbons (Fsp3) is 0.731. The van der Waals surface area contributed by atoms with Gasteiger partial charge in [-0.2, -0.15) is 0 Å². The average molecular weight is 471 g/mol. The van der Waals surface area contributed by atoms with E-state index in [2.05, 4.69) is 24.8 Å². The van der Waals surface area contributed by atoms with E-state index in [9.17, 15) is 4.79 Å². The minimum absolute atomic E-state index is 0.173. The highest BCUT2D eigenvalue weighted by molar-refractivity contribution is 7.18. The van der Waals surface area contributed by atoms with Gasteiger partial charge in [-0.25, -0.2) is 14.8 Å². The standard InChI is InChI=1S/C26H38N4O2S/c1-16-27-21(15-29-13-19-11-18(29)14-30(19)24(31)32-25(2,3)4)20-12-22(33-23(20)28-16)17-7-9-26(5,6)10-8-17/h12,17-19H,7-11,13-15H2,1-6H3/t18-,19-/m0/s1. The molecule has 0 aromatic carbocycles. The Balaban J connectivity index is 1.30. The van der Waals surface area contributed by atoms with Crippen molar-refractivity contribution in [3.8, 4) is 0 Å². The van der Waals surface area contributed by atoms with Crippen LogP contribution in [0.2, 0.25) is 0 Å². The Hall–Kier alpha value is -1.73. The van der Waals surface area contributed by atoms with Crippen molar-refractivity contribution in [3.63, 3.8) is 0 Å². The number of nitrogens with zero attached hydrogens (tertiary/aromatic N) is 4. The lowest BCUT2D eigenvalue weighted by molar-refractivity contribution is 0.0123. The molecule has 3 aliphatic rings. The Morgan fingerprint density at radius 1 is 1.18 bits per heavy atom. The van der Waals surface area contributed by atoms with Crippen LogP contribution in [0.1, 0.15) is 89.0 Å². The molecule has 5 rings (SSSR count). The number of carbonyl (C=O) groups excluding carboxylic acids is 1. The molecule has 4 heterocycles. The number of ether oxygens (including phenoxy) is 1. The number of rotatable bonds is 3. The molecular weight excluding hydrogens is 432 g/mol. The number of amides is 1. The highest BCUT2D eigenvalue weighted by Crippen LogP contribution is 2.45. The summed E-state index contributed by atoms with van der Waals surface area (Å²) in [5.41, 5.74) is 1.18. The largest absolute Gasteiger partial charge is 0.444 e. The van der Waals surface area contributed by atoms with Crippen LogP contribution in [-0.4, -0.2) is 56.6 Å². The van der Waals surface area contributed by atoms with Gasteiger partial charge in [0.2, 0.25) is 0 Å². The SMILES string of the molecule is Cc1nc(CN2C[C@@H]3C[C@H]2CN3C(=O)OC(C)(C)C)c2cc(C3CCC(C)(C)CC3)sc2n1. The van der Waals surface area contributed by atoms with Gasteiger partial charge in [0.25, 0.3) is 0 Å². The van der Waals surface area contributed by atoms with Crippen molar-refractivity contribution in [3.05, 3.63) is 22.5 Å². The van der Waals surface area contributed by atoms with Gasteiger partial charge in [-0.05, 0) is 77.2 Å². The first-order chi connectivity index (χ1) is 15.5. The molecular formula is C26H38N4O2S. The second-order valence-electron chi connectivity index (χ2n) is 12.1. The van der Waals surface area contributed by atoms with Gasteiger partial charge in [-0.1, -0.05) is 13.8 Å². The Morgan fingerprint density at radius 3 is 2.55 bits per heavy atom. The van der Waals surface area contributed by atoms with Gasteiger partial charge in [-0.15, -0.1) is 11.3 Å². The molecule has 2 aliphatic heterocycles. The number of aromatic nitrogens is 2. The van der Waals surface area contributed by atoms with Crippen LogP contribution in [0, 0.1) is 12.3 Å². The third-order valence-corrected chi connectivity index (χ3v) is 8.87. The molecule has 1 amide bonds. The average Bonchev–Trinajstić information content (AvgIpc) is 3.40. The van der Waals surface area contributed by atoms with E-state index in [-0.39, 0.29) is 12.1 Å². The number of aryl methyl sites for hydroxylation is 1. The van der Waals surface area contributed by atoms with E-state index in [1.165, 1.54) is 35.9 Å². The molecule has 0 radical (unpaired) electrons. The Morgan fingerprint density at radius 2 is 1.91 bits per heavy atom. The molecule has 180 valence electrons. The Kier molecular flexibility index (Phi) is 5.72. The monoisotopic (exact) mass is 470 g/mol. The lowest BCUT2D eigenvalue weighted by Crippen LogP contribution is -2.49. The normalized spacial score (nSPS) is 25.8. The van der Waals surface area contributed by atoms with E-state index in [4.69, 9.17) is 14.7 Å². The minimum atomic E-state index is -0.451. The van der Waals surface area contributed by atoms with Gasteiger partial charge in [0.15, 0.2) is 0 Å². The molecule has 6 nitrogen and oxygen atoms in total. The van der Waals surface area contributed by atoms with Crippen LogP contribution in [0.4, 0.5) is 4.79 Å². The van der Waals surface area contributed by atoms with E-state index >= 15 is 0 Å². The molecule has 7 heteroatoms. The topological polar surface area (TPSA) is 58.6 Å². The first-order valence-corrected chi connectivity index (χ1v) is 13.3. The number of fused-ring (bicyclic) bond motifs is 3. The van der Waals surface area contributed by atoms with Crippen molar-refractivity contribution in [1.29, 1.82) is 0 Å². The summed E-state index contributed by atoms with van der Waals surface area (Å²) in [5.74, 6) is 1.52. The number of thiophene rings is 1. The van der Waals surface area contributed by atoms with Gasteiger partial charge in [0.05, 0.1) is 5.69 Å². The molecule has 2 atom stereocenters. The molecule has 2 aromatic rings. The van der Waals surface area contributed by atoms with Crippen LogP contribution in [-0.2, 0) is 11.3 Å². The van der Waals surface area contributed by atoms with Crippen molar-refractivity contribution in [2.75, 3.05) is 13.1 Å². The van der Waals surface area contributed by atoms with Crippen LogP contribution in [0.5, 0.6) is 0 Å². The first kappa shape index (κ1) is 23.0. The van der Waals surface area contributed by atoms with Crippen molar-refractivity contribution in [2.45, 2.75) is 104 Å². The van der Waals surface area contributed by atoms with Gasteiger partial charge < -0.3 is 9.64 Å². The summed E-state index contributed by atoms with van der Waals surface area (Å²) >= 11 is 1.88. The fourth-order valence-electron chi connectivity index (χ4n) is 5.80. The summed E-state index contributed by atoms with van der Waals surface area (Å²) in [4.78, 5) is 29.3. The third kappa shape index (κ3) is 4.76. The number of hydrogen-bond acceptors (Lipinski definition) is 6. The zero-order chi connectivity index (χ0) is 23.5. The molecule has 0 N–H and O–H groups in total. The smallest absolute Gasteiger partial charge is 0.410 e. The fourth-order valence-corrected chi connectivity index (χ4v) is 7.07. The molecule has 3 fully saturated rings. The Bertz CT molecular complexity index is 1050. The maximum atomic E-state index is 12.6. The van der Waals surface area contributed by atoms with Crippen molar-refractivity contribution < 1.29 is 9.53 Å². The maximum Gasteiger partial charge on any atom is 0.410 e. The lowest BCUT2D eigenvalue weighted by Gasteiger charge is -2.35. The second-order valence-corrected chi connectivity index (χ2v) is 13.2. The van der Waals surface area contributed by atoms with Crippen LogP contribution < -0.4 is 0 Å². The van der Waals surface area contributed by atoms with Crippen molar-refractivity contribution >= 4 is 27.6 Å². The summed E-state index contributed by atoms with van der Waals surface area (Å²) in [7, 11) is 0. The lowest BCUT2D eigenvalue weighted by atomic mass is 9.73. The second kappa shape index (κ2) is 8.19. The van der Waals surface area contributed by atoms with Gasteiger partial charge >= 0.3 is 6.09 Å². The van der Waals surface area contributed by atoms with Crippen LogP contribution in [0.3, 0.4) is 0 Å². The van der Waals surface area contributed by atoms with E-state index < -0.39 is 5.60 Å². The summed E-state index contributed by atoms with van der Waals surface area (Å²) in [6, 6.07) is 3.01. The highest BCUT2D eigenvalue weighted by atomic mass is 32.1. The van der Waals surface area contributed by atoms with E-state index in [1.54, 1.807) is 0 Å².